The average Bonchev–Trinajstić information content (AvgIpc) is 2.53. The van der Waals surface area contributed by atoms with Crippen LogP contribution in [-0.4, -0.2) is 42.2 Å². The second-order valence-corrected chi connectivity index (χ2v) is 8.56. The summed E-state index contributed by atoms with van der Waals surface area (Å²) in [4.78, 5) is 15.8. The highest BCUT2D eigenvalue weighted by Gasteiger charge is 2.20. The number of benzene rings is 1. The Morgan fingerprint density at radius 1 is 1.38 bits per heavy atom. The molecular weight excluding hydrogens is 384 g/mol. The number of amides is 1. The number of aryl methyl sites for hydroxylation is 1. The minimum atomic E-state index is 0.144. The Bertz CT molecular complexity index is 591. The van der Waals surface area contributed by atoms with Crippen LogP contribution in [0.3, 0.4) is 0 Å². The lowest BCUT2D eigenvalue weighted by Gasteiger charge is -2.31. The molecule has 0 saturated carbocycles. The second kappa shape index (κ2) is 9.64. The SMILES string of the molecule is CC(C)=CCN1CCC(NC(=O)CSc2ccc(Br)cc2C)CC1. The van der Waals surface area contributed by atoms with Gasteiger partial charge in [0.1, 0.15) is 0 Å². The lowest BCUT2D eigenvalue weighted by molar-refractivity contribution is -0.119. The molecule has 1 aromatic rings. The van der Waals surface area contributed by atoms with Crippen LogP contribution in [0.4, 0.5) is 0 Å². The third-order valence-corrected chi connectivity index (χ3v) is 5.88. The van der Waals surface area contributed by atoms with Crippen LogP contribution >= 0.6 is 27.7 Å². The fourth-order valence-electron chi connectivity index (χ4n) is 2.76. The van der Waals surface area contributed by atoms with Crippen LogP contribution in [0.2, 0.25) is 0 Å². The summed E-state index contributed by atoms with van der Waals surface area (Å²) in [7, 11) is 0. The van der Waals surface area contributed by atoms with Gasteiger partial charge in [-0.1, -0.05) is 27.6 Å². The van der Waals surface area contributed by atoms with Crippen molar-refractivity contribution in [3.63, 3.8) is 0 Å². The summed E-state index contributed by atoms with van der Waals surface area (Å²) in [5.74, 6) is 0.630. The summed E-state index contributed by atoms with van der Waals surface area (Å²) < 4.78 is 1.08. The molecule has 1 fully saturated rings. The fourth-order valence-corrected chi connectivity index (χ4v) is 4.06. The van der Waals surface area contributed by atoms with E-state index in [1.54, 1.807) is 11.8 Å². The van der Waals surface area contributed by atoms with Gasteiger partial charge in [0.25, 0.3) is 0 Å². The normalized spacial score (nSPS) is 16.0. The van der Waals surface area contributed by atoms with E-state index in [-0.39, 0.29) is 5.91 Å². The number of halogens is 1. The summed E-state index contributed by atoms with van der Waals surface area (Å²) in [6.07, 6.45) is 4.37. The third-order valence-electron chi connectivity index (χ3n) is 4.21. The van der Waals surface area contributed by atoms with Crippen molar-refractivity contribution in [2.24, 2.45) is 0 Å². The van der Waals surface area contributed by atoms with Gasteiger partial charge >= 0.3 is 0 Å². The maximum Gasteiger partial charge on any atom is 0.230 e. The molecule has 3 nitrogen and oxygen atoms in total. The monoisotopic (exact) mass is 410 g/mol. The van der Waals surface area contributed by atoms with Gasteiger partial charge in [0.05, 0.1) is 5.75 Å². The van der Waals surface area contributed by atoms with Gasteiger partial charge in [-0.15, -0.1) is 11.8 Å². The molecule has 1 aromatic carbocycles. The van der Waals surface area contributed by atoms with Crippen LogP contribution in [0, 0.1) is 6.92 Å². The summed E-state index contributed by atoms with van der Waals surface area (Å²) >= 11 is 5.08. The Kier molecular flexibility index (Phi) is 7.85. The quantitative estimate of drug-likeness (QED) is 0.557. The number of carbonyl (C=O) groups is 1. The first-order valence-electron chi connectivity index (χ1n) is 8.48. The Balaban J connectivity index is 1.71. The lowest BCUT2D eigenvalue weighted by Crippen LogP contribution is -2.45. The molecule has 1 aliphatic rings. The summed E-state index contributed by atoms with van der Waals surface area (Å²) in [5.41, 5.74) is 2.57. The van der Waals surface area contributed by atoms with E-state index in [1.807, 2.05) is 6.07 Å². The van der Waals surface area contributed by atoms with Crippen molar-refractivity contribution in [2.45, 2.75) is 44.6 Å². The Hall–Kier alpha value is -0.780. The van der Waals surface area contributed by atoms with Crippen molar-refractivity contribution >= 4 is 33.6 Å². The van der Waals surface area contributed by atoms with E-state index < -0.39 is 0 Å². The smallest absolute Gasteiger partial charge is 0.230 e. The standard InChI is InChI=1S/C19H27BrN2OS/c1-14(2)6-9-22-10-7-17(8-11-22)21-19(23)13-24-18-5-4-16(20)12-15(18)3/h4-6,12,17H,7-11,13H2,1-3H3,(H,21,23). The van der Waals surface area contributed by atoms with E-state index >= 15 is 0 Å². The molecule has 0 aliphatic carbocycles. The number of rotatable bonds is 6. The zero-order valence-corrected chi connectivity index (χ0v) is 17.2. The minimum Gasteiger partial charge on any atom is -0.353 e. The van der Waals surface area contributed by atoms with Gasteiger partial charge in [-0.05, 0) is 57.4 Å². The van der Waals surface area contributed by atoms with E-state index in [0.29, 0.717) is 11.8 Å². The number of hydrogen-bond acceptors (Lipinski definition) is 3. The molecule has 1 N–H and O–H groups in total. The predicted octanol–water partition coefficient (Wildman–Crippen LogP) is 4.40. The molecule has 0 unspecified atom stereocenters. The molecular formula is C19H27BrN2OS. The molecule has 0 atom stereocenters. The number of nitrogens with zero attached hydrogens (tertiary/aromatic N) is 1. The average molecular weight is 411 g/mol. The summed E-state index contributed by atoms with van der Waals surface area (Å²) in [6, 6.07) is 6.50. The van der Waals surface area contributed by atoms with Crippen LogP contribution < -0.4 is 5.32 Å². The van der Waals surface area contributed by atoms with Gasteiger partial charge in [-0.25, -0.2) is 0 Å². The summed E-state index contributed by atoms with van der Waals surface area (Å²) in [5, 5.41) is 3.19. The minimum absolute atomic E-state index is 0.144. The summed E-state index contributed by atoms with van der Waals surface area (Å²) in [6.45, 7) is 9.51. The van der Waals surface area contributed by atoms with Crippen molar-refractivity contribution in [1.29, 1.82) is 0 Å². The highest BCUT2D eigenvalue weighted by molar-refractivity contribution is 9.10. The Morgan fingerprint density at radius 3 is 2.71 bits per heavy atom. The van der Waals surface area contributed by atoms with Crippen LogP contribution in [0.1, 0.15) is 32.3 Å². The molecule has 2 rings (SSSR count). The lowest BCUT2D eigenvalue weighted by atomic mass is 10.0. The zero-order valence-electron chi connectivity index (χ0n) is 14.8. The molecule has 0 aromatic heterocycles. The maximum absolute atomic E-state index is 12.2. The molecule has 0 bridgehead atoms. The Labute approximate surface area is 158 Å². The number of allylic oxidation sites excluding steroid dienone is 1. The predicted molar refractivity (Wildman–Crippen MR) is 107 cm³/mol. The first-order chi connectivity index (χ1) is 11.4. The van der Waals surface area contributed by atoms with Gasteiger partial charge in [-0.3, -0.25) is 9.69 Å². The van der Waals surface area contributed by atoms with Gasteiger partial charge in [0.2, 0.25) is 5.91 Å². The van der Waals surface area contributed by atoms with Crippen molar-refractivity contribution in [3.8, 4) is 0 Å². The molecule has 1 amide bonds. The van der Waals surface area contributed by atoms with Crippen molar-refractivity contribution in [3.05, 3.63) is 39.9 Å². The van der Waals surface area contributed by atoms with Gasteiger partial charge in [0.15, 0.2) is 0 Å². The Morgan fingerprint density at radius 2 is 2.08 bits per heavy atom. The van der Waals surface area contributed by atoms with Gasteiger partial charge in [-0.2, -0.15) is 0 Å². The number of nitrogens with one attached hydrogen (secondary N) is 1. The third kappa shape index (κ3) is 6.61. The molecule has 0 spiro atoms. The maximum atomic E-state index is 12.2. The topological polar surface area (TPSA) is 32.3 Å². The number of piperidine rings is 1. The molecule has 1 aliphatic heterocycles. The van der Waals surface area contributed by atoms with E-state index in [1.165, 1.54) is 16.0 Å². The molecule has 1 heterocycles. The van der Waals surface area contributed by atoms with E-state index in [2.05, 4.69) is 65.1 Å². The molecule has 24 heavy (non-hydrogen) atoms. The number of carbonyl (C=O) groups excluding carboxylic acids is 1. The zero-order chi connectivity index (χ0) is 17.5. The van der Waals surface area contributed by atoms with E-state index in [4.69, 9.17) is 0 Å². The second-order valence-electron chi connectivity index (χ2n) is 6.62. The molecule has 1 saturated heterocycles. The fraction of sp³-hybridized carbons (Fsp3) is 0.526. The van der Waals surface area contributed by atoms with E-state index in [9.17, 15) is 4.79 Å². The van der Waals surface area contributed by atoms with Gasteiger partial charge in [0, 0.05) is 35.0 Å². The van der Waals surface area contributed by atoms with Crippen molar-refractivity contribution in [2.75, 3.05) is 25.4 Å². The first-order valence-corrected chi connectivity index (χ1v) is 10.3. The largest absolute Gasteiger partial charge is 0.353 e. The highest BCUT2D eigenvalue weighted by atomic mass is 79.9. The van der Waals surface area contributed by atoms with Crippen LogP contribution in [-0.2, 0) is 4.79 Å². The van der Waals surface area contributed by atoms with Crippen LogP contribution in [0.5, 0.6) is 0 Å². The van der Waals surface area contributed by atoms with E-state index in [0.717, 1.165) is 36.9 Å². The van der Waals surface area contributed by atoms with Crippen LogP contribution in [0.25, 0.3) is 0 Å². The molecule has 132 valence electrons. The number of likely N-dealkylation sites (tertiary alicyclic amines) is 1. The van der Waals surface area contributed by atoms with Crippen LogP contribution in [0.15, 0.2) is 39.2 Å². The molecule has 0 radical (unpaired) electrons. The van der Waals surface area contributed by atoms with Gasteiger partial charge < -0.3 is 5.32 Å². The molecule has 5 heteroatoms. The number of thioether (sulfide) groups is 1. The number of hydrogen-bond donors (Lipinski definition) is 1. The highest BCUT2D eigenvalue weighted by Crippen LogP contribution is 2.25. The first kappa shape index (κ1) is 19.5. The van der Waals surface area contributed by atoms with Crippen molar-refractivity contribution < 1.29 is 4.79 Å². The van der Waals surface area contributed by atoms with Crippen molar-refractivity contribution in [1.82, 2.24) is 10.2 Å².